The molecule has 0 amide bonds. The zero-order chi connectivity index (χ0) is 13.9. The Morgan fingerprint density at radius 3 is 2.70 bits per heavy atom. The highest BCUT2D eigenvalue weighted by molar-refractivity contribution is 7.14. The first-order valence-electron chi connectivity index (χ1n) is 6.88. The summed E-state index contributed by atoms with van der Waals surface area (Å²) in [5, 5.41) is 16.0. The van der Waals surface area contributed by atoms with E-state index in [-0.39, 0.29) is 18.0 Å². The normalized spacial score (nSPS) is 22.7. The predicted octanol–water partition coefficient (Wildman–Crippen LogP) is 3.66. The fourth-order valence-electron chi connectivity index (χ4n) is 2.53. The quantitative estimate of drug-likeness (QED) is 0.907. The van der Waals surface area contributed by atoms with Gasteiger partial charge in [0, 0.05) is 10.9 Å². The van der Waals surface area contributed by atoms with Crippen molar-refractivity contribution in [2.45, 2.75) is 37.8 Å². The molecule has 1 saturated carbocycles. The zero-order valence-corrected chi connectivity index (χ0v) is 11.9. The molecule has 1 fully saturated rings. The van der Waals surface area contributed by atoms with Crippen molar-refractivity contribution in [3.63, 3.8) is 0 Å². The molecule has 0 bridgehead atoms. The Labute approximate surface area is 121 Å². The Bertz CT molecular complexity index is 570. The number of aromatic nitrogens is 1. The average Bonchev–Trinajstić information content (AvgIpc) is 2.91. The molecule has 2 atom stereocenters. The largest absolute Gasteiger partial charge is 0.391 e. The number of hydrogen-bond acceptors (Lipinski definition) is 4. The molecular weight excluding hydrogens is 275 g/mol. The van der Waals surface area contributed by atoms with Gasteiger partial charge in [-0.3, -0.25) is 0 Å². The molecular formula is C15H17FN2OS. The molecule has 2 N–H and O–H groups in total. The first kappa shape index (κ1) is 13.5. The Balaban J connectivity index is 1.71. The highest BCUT2D eigenvalue weighted by Gasteiger charge is 2.23. The van der Waals surface area contributed by atoms with Crippen molar-refractivity contribution in [1.29, 1.82) is 0 Å². The predicted molar refractivity (Wildman–Crippen MR) is 79.4 cm³/mol. The minimum Gasteiger partial charge on any atom is -0.391 e. The first-order chi connectivity index (χ1) is 9.72. The van der Waals surface area contributed by atoms with E-state index in [1.54, 1.807) is 12.1 Å². The second-order valence-electron chi connectivity index (χ2n) is 5.15. The van der Waals surface area contributed by atoms with Gasteiger partial charge in [0.15, 0.2) is 5.13 Å². The number of anilines is 1. The topological polar surface area (TPSA) is 45.1 Å². The Morgan fingerprint density at radius 1 is 1.20 bits per heavy atom. The van der Waals surface area contributed by atoms with Crippen LogP contribution in [0.3, 0.4) is 0 Å². The molecule has 0 aliphatic heterocycles. The van der Waals surface area contributed by atoms with Crippen LogP contribution in [0.1, 0.15) is 25.7 Å². The number of nitrogens with zero attached hydrogens (tertiary/aromatic N) is 1. The van der Waals surface area contributed by atoms with Gasteiger partial charge in [-0.2, -0.15) is 0 Å². The number of hydrogen-bond donors (Lipinski definition) is 2. The summed E-state index contributed by atoms with van der Waals surface area (Å²) >= 11 is 1.52. The lowest BCUT2D eigenvalue weighted by molar-refractivity contribution is 0.116. The summed E-state index contributed by atoms with van der Waals surface area (Å²) in [6.45, 7) is 0. The molecule has 0 spiro atoms. The van der Waals surface area contributed by atoms with Gasteiger partial charge >= 0.3 is 0 Å². The number of nitrogens with one attached hydrogen (secondary N) is 1. The van der Waals surface area contributed by atoms with Crippen LogP contribution in [0.2, 0.25) is 0 Å². The van der Waals surface area contributed by atoms with Gasteiger partial charge in [-0.15, -0.1) is 11.3 Å². The fraction of sp³-hybridized carbons (Fsp3) is 0.400. The summed E-state index contributed by atoms with van der Waals surface area (Å²) in [5.74, 6) is -0.243. The fourth-order valence-corrected chi connectivity index (χ4v) is 3.31. The van der Waals surface area contributed by atoms with Crippen LogP contribution in [0.15, 0.2) is 29.6 Å². The van der Waals surface area contributed by atoms with Crippen molar-refractivity contribution >= 4 is 16.5 Å². The lowest BCUT2D eigenvalue weighted by atomic mass is 9.93. The zero-order valence-electron chi connectivity index (χ0n) is 11.1. The summed E-state index contributed by atoms with van der Waals surface area (Å²) in [6.07, 6.45) is 3.78. The van der Waals surface area contributed by atoms with Crippen LogP contribution in [-0.4, -0.2) is 22.2 Å². The SMILES string of the molecule is O[C@H]1CCCC[C@@H]1Nc1nc(-c2ccc(F)cc2)cs1. The van der Waals surface area contributed by atoms with Crippen molar-refractivity contribution in [2.75, 3.05) is 5.32 Å². The Hall–Kier alpha value is -1.46. The lowest BCUT2D eigenvalue weighted by Gasteiger charge is -2.28. The van der Waals surface area contributed by atoms with Gasteiger partial charge in [-0.25, -0.2) is 9.37 Å². The maximum absolute atomic E-state index is 12.9. The van der Waals surface area contributed by atoms with E-state index >= 15 is 0 Å². The van der Waals surface area contributed by atoms with Gasteiger partial charge < -0.3 is 10.4 Å². The number of halogens is 1. The molecule has 1 aliphatic rings. The Kier molecular flexibility index (Phi) is 3.98. The molecule has 1 heterocycles. The lowest BCUT2D eigenvalue weighted by Crippen LogP contribution is -2.36. The second-order valence-corrected chi connectivity index (χ2v) is 6.01. The molecule has 1 aliphatic carbocycles. The third-order valence-corrected chi connectivity index (χ3v) is 4.46. The summed E-state index contributed by atoms with van der Waals surface area (Å²) in [6, 6.07) is 6.42. The smallest absolute Gasteiger partial charge is 0.183 e. The number of rotatable bonds is 3. The number of benzene rings is 1. The van der Waals surface area contributed by atoms with Crippen molar-refractivity contribution in [1.82, 2.24) is 4.98 Å². The average molecular weight is 292 g/mol. The highest BCUT2D eigenvalue weighted by atomic mass is 32.1. The van der Waals surface area contributed by atoms with E-state index < -0.39 is 0 Å². The van der Waals surface area contributed by atoms with E-state index in [9.17, 15) is 9.50 Å². The van der Waals surface area contributed by atoms with Gasteiger partial charge in [0.25, 0.3) is 0 Å². The molecule has 0 unspecified atom stereocenters. The molecule has 20 heavy (non-hydrogen) atoms. The van der Waals surface area contributed by atoms with Crippen LogP contribution in [0.4, 0.5) is 9.52 Å². The molecule has 1 aromatic heterocycles. The summed E-state index contributed by atoms with van der Waals surface area (Å²) in [5.41, 5.74) is 1.74. The Morgan fingerprint density at radius 2 is 1.95 bits per heavy atom. The van der Waals surface area contributed by atoms with Gasteiger partial charge in [-0.1, -0.05) is 12.8 Å². The minimum atomic E-state index is -0.290. The molecule has 106 valence electrons. The van der Waals surface area contributed by atoms with Gasteiger partial charge in [-0.05, 0) is 37.1 Å². The molecule has 3 rings (SSSR count). The number of aliphatic hydroxyl groups is 1. The minimum absolute atomic E-state index is 0.0935. The summed E-state index contributed by atoms with van der Waals surface area (Å²) in [4.78, 5) is 4.51. The molecule has 1 aromatic carbocycles. The van der Waals surface area contributed by atoms with Crippen molar-refractivity contribution in [2.24, 2.45) is 0 Å². The molecule has 0 radical (unpaired) electrons. The summed E-state index contributed by atoms with van der Waals surface area (Å²) in [7, 11) is 0. The molecule has 2 aromatic rings. The van der Waals surface area contributed by atoms with E-state index in [4.69, 9.17) is 0 Å². The van der Waals surface area contributed by atoms with E-state index in [1.165, 1.54) is 23.5 Å². The van der Waals surface area contributed by atoms with Crippen LogP contribution >= 0.6 is 11.3 Å². The highest BCUT2D eigenvalue weighted by Crippen LogP contribution is 2.28. The van der Waals surface area contributed by atoms with Gasteiger partial charge in [0.05, 0.1) is 17.8 Å². The van der Waals surface area contributed by atoms with Gasteiger partial charge in [0.1, 0.15) is 5.82 Å². The standard InChI is InChI=1S/C15H17FN2OS/c16-11-7-5-10(6-8-11)13-9-20-15(18-13)17-12-3-1-2-4-14(12)19/h5-9,12,14,19H,1-4H2,(H,17,18)/t12-,14-/m0/s1. The summed E-state index contributed by atoms with van der Waals surface area (Å²) < 4.78 is 12.9. The molecule has 5 heteroatoms. The third-order valence-electron chi connectivity index (χ3n) is 3.68. The van der Waals surface area contributed by atoms with E-state index in [0.29, 0.717) is 0 Å². The van der Waals surface area contributed by atoms with Crippen molar-refractivity contribution in [3.05, 3.63) is 35.5 Å². The monoisotopic (exact) mass is 292 g/mol. The van der Waals surface area contributed by atoms with Crippen LogP contribution in [0, 0.1) is 5.82 Å². The molecule has 0 saturated heterocycles. The van der Waals surface area contributed by atoms with Crippen molar-refractivity contribution < 1.29 is 9.50 Å². The maximum atomic E-state index is 12.9. The second kappa shape index (κ2) is 5.89. The van der Waals surface area contributed by atoms with Crippen LogP contribution in [0.25, 0.3) is 11.3 Å². The van der Waals surface area contributed by atoms with E-state index in [2.05, 4.69) is 10.3 Å². The van der Waals surface area contributed by atoms with Crippen LogP contribution in [-0.2, 0) is 0 Å². The number of thiazole rings is 1. The maximum Gasteiger partial charge on any atom is 0.183 e. The first-order valence-corrected chi connectivity index (χ1v) is 7.76. The molecule has 3 nitrogen and oxygen atoms in total. The van der Waals surface area contributed by atoms with Gasteiger partial charge in [0.2, 0.25) is 0 Å². The van der Waals surface area contributed by atoms with E-state index in [0.717, 1.165) is 42.1 Å². The van der Waals surface area contributed by atoms with E-state index in [1.807, 2.05) is 5.38 Å². The van der Waals surface area contributed by atoms with Crippen molar-refractivity contribution in [3.8, 4) is 11.3 Å². The van der Waals surface area contributed by atoms with Crippen LogP contribution < -0.4 is 5.32 Å². The van der Waals surface area contributed by atoms with Crippen LogP contribution in [0.5, 0.6) is 0 Å². The third kappa shape index (κ3) is 2.99. The number of aliphatic hydroxyl groups excluding tert-OH is 1.